The van der Waals surface area contributed by atoms with Crippen molar-refractivity contribution < 1.29 is 9.53 Å². The van der Waals surface area contributed by atoms with Crippen molar-refractivity contribution in [3.05, 3.63) is 30.6 Å². The van der Waals surface area contributed by atoms with Gasteiger partial charge in [-0.05, 0) is 32.3 Å². The quantitative estimate of drug-likeness (QED) is 0.0886. The number of fused-ring (bicyclic) bond motifs is 3. The van der Waals surface area contributed by atoms with Gasteiger partial charge in [0.25, 0.3) is 0 Å². The van der Waals surface area contributed by atoms with Gasteiger partial charge in [0.05, 0.1) is 30.0 Å². The molecule has 1 amide bonds. The van der Waals surface area contributed by atoms with Crippen molar-refractivity contribution in [3.63, 3.8) is 0 Å². The zero-order valence-electron chi connectivity index (χ0n) is 28.0. The van der Waals surface area contributed by atoms with Crippen LogP contribution in [0.1, 0.15) is 148 Å². The van der Waals surface area contributed by atoms with E-state index in [1.54, 1.807) is 0 Å². The van der Waals surface area contributed by atoms with Gasteiger partial charge in [-0.1, -0.05) is 128 Å². The summed E-state index contributed by atoms with van der Waals surface area (Å²) in [6, 6.07) is 8.15. The van der Waals surface area contributed by atoms with Crippen LogP contribution in [0.3, 0.4) is 0 Å². The lowest BCUT2D eigenvalue weighted by molar-refractivity contribution is -0.121. The van der Waals surface area contributed by atoms with Gasteiger partial charge in [0.1, 0.15) is 5.52 Å². The third-order valence-electron chi connectivity index (χ3n) is 8.89. The van der Waals surface area contributed by atoms with Crippen LogP contribution in [-0.2, 0) is 9.53 Å². The van der Waals surface area contributed by atoms with Crippen LogP contribution in [-0.4, -0.2) is 40.2 Å². The van der Waals surface area contributed by atoms with Crippen LogP contribution in [0, 0.1) is 0 Å². The number of carbonyl (C=O) groups excluding carboxylic acids is 1. The molecule has 3 rings (SSSR count). The Bertz CT molecular complexity index is 1190. The number of aromatic nitrogens is 3. The summed E-state index contributed by atoms with van der Waals surface area (Å²) in [6.07, 6.45) is 27.2. The van der Waals surface area contributed by atoms with Crippen LogP contribution in [0.4, 0.5) is 5.82 Å². The van der Waals surface area contributed by atoms with Crippen LogP contribution < -0.4 is 11.1 Å². The van der Waals surface area contributed by atoms with E-state index in [1.807, 2.05) is 31.5 Å². The first-order chi connectivity index (χ1) is 21.7. The Kier molecular flexibility index (Phi) is 17.8. The fourth-order valence-electron chi connectivity index (χ4n) is 6.27. The van der Waals surface area contributed by atoms with E-state index in [0.717, 1.165) is 47.6 Å². The number of benzene rings is 1. The molecule has 0 saturated carbocycles. The number of nitrogens with one attached hydrogen (secondary N) is 1. The number of anilines is 1. The Morgan fingerprint density at radius 3 is 2.05 bits per heavy atom. The Hall–Kier alpha value is -2.67. The highest BCUT2D eigenvalue weighted by molar-refractivity contribution is 6.06. The van der Waals surface area contributed by atoms with E-state index in [0.29, 0.717) is 32.0 Å². The van der Waals surface area contributed by atoms with Crippen molar-refractivity contribution in [2.45, 2.75) is 148 Å². The summed E-state index contributed by atoms with van der Waals surface area (Å²) < 4.78 is 8.03. The first-order valence-corrected chi connectivity index (χ1v) is 18.0. The number of nitrogens with two attached hydrogens (primary N) is 1. The van der Waals surface area contributed by atoms with Gasteiger partial charge in [-0.15, -0.1) is 0 Å². The van der Waals surface area contributed by atoms with E-state index in [-0.39, 0.29) is 11.9 Å². The molecule has 0 bridgehead atoms. The molecule has 0 fully saturated rings. The van der Waals surface area contributed by atoms with Crippen LogP contribution in [0.25, 0.3) is 21.9 Å². The lowest BCUT2D eigenvalue weighted by atomic mass is 10.0. The molecule has 0 saturated heterocycles. The highest BCUT2D eigenvalue weighted by Gasteiger charge is 2.18. The molecule has 7 heteroatoms. The molecule has 2 aromatic heterocycles. The van der Waals surface area contributed by atoms with Gasteiger partial charge < -0.3 is 20.4 Å². The summed E-state index contributed by atoms with van der Waals surface area (Å²) in [6.45, 7) is 6.22. The van der Waals surface area contributed by atoms with E-state index in [2.05, 4.69) is 32.8 Å². The number of carbonyl (C=O) groups is 1. The molecule has 7 nitrogen and oxygen atoms in total. The fourth-order valence-corrected chi connectivity index (χ4v) is 6.27. The number of rotatable bonds is 26. The maximum absolute atomic E-state index is 12.4. The van der Waals surface area contributed by atoms with E-state index < -0.39 is 0 Å². The number of para-hydroxylation sites is 1. The molecule has 0 aliphatic carbocycles. The lowest BCUT2D eigenvalue weighted by Crippen LogP contribution is -2.25. The molecule has 3 N–H and O–H groups in total. The number of amides is 1. The van der Waals surface area contributed by atoms with Crippen LogP contribution >= 0.6 is 0 Å². The molecule has 0 unspecified atom stereocenters. The minimum absolute atomic E-state index is 0.104. The number of hydrogen-bond donors (Lipinski definition) is 2. The summed E-state index contributed by atoms with van der Waals surface area (Å²) in [4.78, 5) is 21.6. The lowest BCUT2D eigenvalue weighted by Gasteiger charge is -2.20. The van der Waals surface area contributed by atoms with Gasteiger partial charge in [0.2, 0.25) is 5.91 Å². The molecule has 0 radical (unpaired) electrons. The summed E-state index contributed by atoms with van der Waals surface area (Å²) in [7, 11) is 0. The molecule has 2 heterocycles. The van der Waals surface area contributed by atoms with Crippen LogP contribution in [0.2, 0.25) is 0 Å². The highest BCUT2D eigenvalue weighted by atomic mass is 16.5. The topological polar surface area (TPSA) is 95.1 Å². The molecule has 1 atom stereocenters. The van der Waals surface area contributed by atoms with Crippen molar-refractivity contribution in [2.75, 3.05) is 25.5 Å². The van der Waals surface area contributed by atoms with Crippen molar-refractivity contribution in [3.8, 4) is 0 Å². The predicted molar refractivity (Wildman–Crippen MR) is 186 cm³/mol. The summed E-state index contributed by atoms with van der Waals surface area (Å²) in [5.41, 5.74) is 8.84. The third kappa shape index (κ3) is 12.7. The molecular formula is C37H61N5O2. The number of nitrogens with zero attached hydrogens (tertiary/aromatic N) is 3. The van der Waals surface area contributed by atoms with Gasteiger partial charge in [0, 0.05) is 25.0 Å². The standard InChI is InChI=1S/C37H61N5O2/c1-3-5-6-7-8-9-10-11-12-13-14-15-16-17-18-19-20-27-34(43)39-28-23-24-31(29-44-4-2)42-30-40-35-36(42)32-25-21-22-26-33(32)41-37(35)38/h21-22,25-26,30-31H,3-20,23-24,27-29H2,1-2H3,(H2,38,41)(H,39,43)/t31-/m0/s1. The SMILES string of the molecule is CCCCCCCCCCCCCCCCCCCC(=O)NCCC[C@@H](COCC)n1cnc2c(N)nc3ccccc3c21. The minimum Gasteiger partial charge on any atom is -0.382 e. The van der Waals surface area contributed by atoms with Gasteiger partial charge in [-0.3, -0.25) is 4.79 Å². The van der Waals surface area contributed by atoms with Gasteiger partial charge in [-0.2, -0.15) is 0 Å². The number of pyridine rings is 1. The predicted octanol–water partition coefficient (Wildman–Crippen LogP) is 9.68. The number of imidazole rings is 1. The maximum atomic E-state index is 12.4. The first kappa shape index (κ1) is 35.8. The molecule has 1 aromatic carbocycles. The molecule has 0 aliphatic rings. The van der Waals surface area contributed by atoms with Crippen LogP contribution in [0.15, 0.2) is 30.6 Å². The van der Waals surface area contributed by atoms with E-state index >= 15 is 0 Å². The average molecular weight is 608 g/mol. The summed E-state index contributed by atoms with van der Waals surface area (Å²) >= 11 is 0. The second kappa shape index (κ2) is 21.9. The van der Waals surface area contributed by atoms with E-state index in [1.165, 1.54) is 96.3 Å². The summed E-state index contributed by atoms with van der Waals surface area (Å²) in [5, 5.41) is 4.18. The number of ether oxygens (including phenoxy) is 1. The largest absolute Gasteiger partial charge is 0.382 e. The molecule has 246 valence electrons. The molecule has 44 heavy (non-hydrogen) atoms. The normalized spacial score (nSPS) is 12.3. The Morgan fingerprint density at radius 1 is 0.841 bits per heavy atom. The number of hydrogen-bond acceptors (Lipinski definition) is 5. The van der Waals surface area contributed by atoms with Crippen molar-refractivity contribution >= 4 is 33.7 Å². The van der Waals surface area contributed by atoms with Gasteiger partial charge in [-0.25, -0.2) is 9.97 Å². The van der Waals surface area contributed by atoms with E-state index in [9.17, 15) is 4.79 Å². The molecule has 3 aromatic rings. The fraction of sp³-hybridized carbons (Fsp3) is 0.703. The Balaban J connectivity index is 1.23. The van der Waals surface area contributed by atoms with Crippen molar-refractivity contribution in [1.82, 2.24) is 19.9 Å². The van der Waals surface area contributed by atoms with Crippen molar-refractivity contribution in [1.29, 1.82) is 0 Å². The van der Waals surface area contributed by atoms with Gasteiger partial charge in [0.15, 0.2) is 5.82 Å². The molecule has 0 spiro atoms. The number of unbranched alkanes of at least 4 members (excludes halogenated alkanes) is 16. The van der Waals surface area contributed by atoms with Gasteiger partial charge >= 0.3 is 0 Å². The second-order valence-electron chi connectivity index (χ2n) is 12.6. The maximum Gasteiger partial charge on any atom is 0.219 e. The monoisotopic (exact) mass is 607 g/mol. The molecular weight excluding hydrogens is 546 g/mol. The average Bonchev–Trinajstić information content (AvgIpc) is 3.48. The second-order valence-corrected chi connectivity index (χ2v) is 12.6. The first-order valence-electron chi connectivity index (χ1n) is 18.0. The zero-order chi connectivity index (χ0) is 31.2. The highest BCUT2D eigenvalue weighted by Crippen LogP contribution is 2.30. The third-order valence-corrected chi connectivity index (χ3v) is 8.89. The Morgan fingerprint density at radius 2 is 1.43 bits per heavy atom. The van der Waals surface area contributed by atoms with Crippen molar-refractivity contribution in [2.24, 2.45) is 0 Å². The smallest absolute Gasteiger partial charge is 0.219 e. The molecule has 0 aliphatic heterocycles. The summed E-state index contributed by atoms with van der Waals surface area (Å²) in [5.74, 6) is 0.620. The number of nitrogen functional groups attached to an aromatic ring is 1. The minimum atomic E-state index is 0.104. The zero-order valence-corrected chi connectivity index (χ0v) is 28.0. The van der Waals surface area contributed by atoms with E-state index in [4.69, 9.17) is 10.5 Å². The Labute approximate surface area is 267 Å². The van der Waals surface area contributed by atoms with Crippen LogP contribution in [0.5, 0.6) is 0 Å².